The molecule has 5 rings (SSSR count). The summed E-state index contributed by atoms with van der Waals surface area (Å²) >= 11 is 0. The number of nitrogens with one attached hydrogen (secondary N) is 3. The number of benzene rings is 2. The molecule has 0 radical (unpaired) electrons. The Bertz CT molecular complexity index is 1690. The number of aromatic nitrogens is 2. The summed E-state index contributed by atoms with van der Waals surface area (Å²) in [5, 5.41) is 12.1. The molecule has 12 nitrogen and oxygen atoms in total. The summed E-state index contributed by atoms with van der Waals surface area (Å²) < 4.78 is 66.1. The fraction of sp³-hybridized carbons (Fsp3) is 0.452. The molecule has 0 bridgehead atoms. The Morgan fingerprint density at radius 1 is 1.13 bits per heavy atom. The quantitative estimate of drug-likeness (QED) is 0.273. The van der Waals surface area contributed by atoms with Gasteiger partial charge in [-0.05, 0) is 76.0 Å². The van der Waals surface area contributed by atoms with Gasteiger partial charge in [-0.3, -0.25) is 9.69 Å². The molecule has 1 saturated heterocycles. The molecule has 3 aromatic rings. The van der Waals surface area contributed by atoms with Crippen molar-refractivity contribution in [2.45, 2.75) is 55.8 Å². The first-order chi connectivity index (χ1) is 22.0. The zero-order valence-corrected chi connectivity index (χ0v) is 26.8. The predicted molar refractivity (Wildman–Crippen MR) is 168 cm³/mol. The molecule has 2 aliphatic heterocycles. The van der Waals surface area contributed by atoms with E-state index in [9.17, 15) is 26.8 Å². The van der Waals surface area contributed by atoms with E-state index in [1.54, 1.807) is 20.1 Å². The molecule has 2 aliphatic rings. The summed E-state index contributed by atoms with van der Waals surface area (Å²) in [7, 11) is -2.65. The van der Waals surface area contributed by atoms with Gasteiger partial charge in [0, 0.05) is 43.6 Å². The van der Waals surface area contributed by atoms with Crippen LogP contribution in [-0.2, 0) is 32.3 Å². The summed E-state index contributed by atoms with van der Waals surface area (Å²) in [6.07, 6.45) is 1.26. The van der Waals surface area contributed by atoms with Crippen molar-refractivity contribution in [1.82, 2.24) is 14.7 Å². The van der Waals surface area contributed by atoms with Gasteiger partial charge in [-0.2, -0.15) is 0 Å². The summed E-state index contributed by atoms with van der Waals surface area (Å²) in [6.45, 7) is 6.57. The van der Waals surface area contributed by atoms with Crippen LogP contribution < -0.4 is 16.0 Å². The molecule has 46 heavy (non-hydrogen) atoms. The Morgan fingerprint density at radius 2 is 1.85 bits per heavy atom. The lowest BCUT2D eigenvalue weighted by Gasteiger charge is -2.25. The van der Waals surface area contributed by atoms with Crippen LogP contribution in [0.15, 0.2) is 41.3 Å². The monoisotopic (exact) mass is 660 g/mol. The molecule has 2 aromatic carbocycles. The number of carbonyl (C=O) groups is 2. The fourth-order valence-electron chi connectivity index (χ4n) is 5.80. The van der Waals surface area contributed by atoms with Gasteiger partial charge >= 0.3 is 6.09 Å². The van der Waals surface area contributed by atoms with Crippen molar-refractivity contribution in [2.24, 2.45) is 0 Å². The van der Waals surface area contributed by atoms with E-state index in [0.29, 0.717) is 23.9 Å². The minimum atomic E-state index is -4.24. The third-order valence-electron chi connectivity index (χ3n) is 7.94. The Balaban J connectivity index is 1.47. The van der Waals surface area contributed by atoms with Crippen LogP contribution in [0.5, 0.6) is 0 Å². The van der Waals surface area contributed by atoms with Crippen LogP contribution in [0.3, 0.4) is 0 Å². The number of carbonyl (C=O) groups excluding carboxylic acids is 2. The Labute approximate surface area is 266 Å². The molecule has 248 valence electrons. The van der Waals surface area contributed by atoms with Crippen LogP contribution in [0.25, 0.3) is 0 Å². The molecular formula is C31H38F2N6O6S. The van der Waals surface area contributed by atoms with Crippen molar-refractivity contribution >= 4 is 39.2 Å². The van der Waals surface area contributed by atoms with Gasteiger partial charge in [-0.1, -0.05) is 6.07 Å². The average molecular weight is 661 g/mol. The largest absolute Gasteiger partial charge is 0.448 e. The molecular weight excluding hydrogens is 622 g/mol. The van der Waals surface area contributed by atoms with Crippen LogP contribution in [0.4, 0.5) is 30.9 Å². The maximum atomic E-state index is 13.9. The minimum absolute atomic E-state index is 0.0514. The molecule has 3 N–H and O–H groups in total. The van der Waals surface area contributed by atoms with Gasteiger partial charge in [0.2, 0.25) is 0 Å². The van der Waals surface area contributed by atoms with Gasteiger partial charge in [0.1, 0.15) is 17.5 Å². The number of ether oxygens (including phenoxy) is 2. The highest BCUT2D eigenvalue weighted by Crippen LogP contribution is 2.34. The number of amides is 1. The molecule has 0 spiro atoms. The number of hydrogen-bond donors (Lipinski definition) is 3. The highest BCUT2D eigenvalue weighted by atomic mass is 32.2. The molecule has 0 saturated carbocycles. The molecule has 0 aliphatic carbocycles. The zero-order chi connectivity index (χ0) is 33.0. The van der Waals surface area contributed by atoms with E-state index in [1.165, 1.54) is 0 Å². The Kier molecular flexibility index (Phi) is 10.2. The number of anilines is 3. The first kappa shape index (κ1) is 33.3. The highest BCUT2D eigenvalue weighted by Gasteiger charge is 2.37. The third-order valence-corrected chi connectivity index (χ3v) is 10.0. The van der Waals surface area contributed by atoms with Crippen LogP contribution in [-0.4, -0.2) is 86.3 Å². The van der Waals surface area contributed by atoms with Gasteiger partial charge in [0.25, 0.3) is 5.91 Å². The van der Waals surface area contributed by atoms with Gasteiger partial charge < -0.3 is 25.4 Å². The van der Waals surface area contributed by atoms with Crippen molar-refractivity contribution in [3.63, 3.8) is 0 Å². The van der Waals surface area contributed by atoms with E-state index in [1.807, 2.05) is 19.1 Å². The lowest BCUT2D eigenvalue weighted by Crippen LogP contribution is -2.36. The van der Waals surface area contributed by atoms with Gasteiger partial charge in [0.05, 0.1) is 28.9 Å². The molecule has 2 atom stereocenters. The van der Waals surface area contributed by atoms with Crippen molar-refractivity contribution < 1.29 is 36.3 Å². The summed E-state index contributed by atoms with van der Waals surface area (Å²) in [6, 6.07) is 7.49. The average Bonchev–Trinajstić information content (AvgIpc) is 3.64. The van der Waals surface area contributed by atoms with Gasteiger partial charge in [-0.15, -0.1) is 9.78 Å². The smallest absolute Gasteiger partial charge is 0.436 e. The minimum Gasteiger partial charge on any atom is -0.448 e. The number of methoxy groups -OCH3 is 1. The van der Waals surface area contributed by atoms with E-state index < -0.39 is 43.6 Å². The number of rotatable bonds is 11. The number of sulfone groups is 1. The summed E-state index contributed by atoms with van der Waals surface area (Å²) in [5.41, 5.74) is 2.13. The molecule has 3 heterocycles. The molecule has 15 heteroatoms. The zero-order valence-electron chi connectivity index (χ0n) is 25.9. The summed E-state index contributed by atoms with van der Waals surface area (Å²) in [5.74, 6) is -2.50. The van der Waals surface area contributed by atoms with E-state index in [0.717, 1.165) is 54.9 Å². The second-order valence-electron chi connectivity index (χ2n) is 11.5. The first-order valence-corrected chi connectivity index (χ1v) is 16.7. The maximum Gasteiger partial charge on any atom is 0.436 e. The standard InChI is InChI=1S/C31H38F2N6O6S/c1-4-45-31(41)39-29-26(15-24(16-34-29)46(42,43)23-13-21(32)12-22(33)14-23)28(37-39)36-30(40)25-8-7-20(17-38-9-5-6-10-38)11-27(25)35-19(2)18-44-3/h7-8,11-14,19,24,34-35H,4-6,9-10,15-18H2,1-3H3,(H,36,37,40). The lowest BCUT2D eigenvalue weighted by atomic mass is 10.1. The van der Waals surface area contributed by atoms with Crippen LogP contribution in [0.1, 0.15) is 48.2 Å². The second kappa shape index (κ2) is 14.1. The Morgan fingerprint density at radius 3 is 2.52 bits per heavy atom. The van der Waals surface area contributed by atoms with E-state index in [-0.39, 0.29) is 42.8 Å². The van der Waals surface area contributed by atoms with Crippen molar-refractivity contribution in [3.8, 4) is 0 Å². The summed E-state index contributed by atoms with van der Waals surface area (Å²) in [4.78, 5) is 28.4. The second-order valence-corrected chi connectivity index (χ2v) is 13.7. The van der Waals surface area contributed by atoms with Gasteiger partial charge in [0.15, 0.2) is 15.7 Å². The van der Waals surface area contributed by atoms with E-state index in [2.05, 4.69) is 25.9 Å². The number of halogens is 2. The number of likely N-dealkylation sites (tertiary alicyclic amines) is 1. The molecule has 2 unspecified atom stereocenters. The highest BCUT2D eigenvalue weighted by molar-refractivity contribution is 7.92. The van der Waals surface area contributed by atoms with Crippen molar-refractivity contribution in [3.05, 3.63) is 64.7 Å². The third kappa shape index (κ3) is 7.32. The molecule has 1 aromatic heterocycles. The number of nitrogens with zero attached hydrogens (tertiary/aromatic N) is 3. The van der Waals surface area contributed by atoms with Gasteiger partial charge in [-0.25, -0.2) is 22.0 Å². The number of fused-ring (bicyclic) bond motifs is 1. The topological polar surface area (TPSA) is 144 Å². The van der Waals surface area contributed by atoms with Crippen LogP contribution in [0, 0.1) is 11.6 Å². The maximum absolute atomic E-state index is 13.9. The van der Waals surface area contributed by atoms with Crippen molar-refractivity contribution in [2.75, 3.05) is 55.9 Å². The fourth-order valence-corrected chi connectivity index (χ4v) is 7.42. The lowest BCUT2D eigenvalue weighted by molar-refractivity contribution is 0.102. The molecule has 1 fully saturated rings. The number of hydrogen-bond acceptors (Lipinski definition) is 10. The van der Waals surface area contributed by atoms with E-state index in [4.69, 9.17) is 9.47 Å². The Hall–Kier alpha value is -4.08. The molecule has 1 amide bonds. The van der Waals surface area contributed by atoms with E-state index >= 15 is 0 Å². The first-order valence-electron chi connectivity index (χ1n) is 15.1. The van der Waals surface area contributed by atoms with Crippen molar-refractivity contribution in [1.29, 1.82) is 0 Å². The van der Waals surface area contributed by atoms with Crippen LogP contribution >= 0.6 is 0 Å². The van der Waals surface area contributed by atoms with Crippen LogP contribution in [0.2, 0.25) is 0 Å². The SMILES string of the molecule is CCOC(=O)n1nc(NC(=O)c2ccc(CN3CCCC3)cc2NC(C)COC)c2c1NCC(S(=O)(=O)c1cc(F)cc(F)c1)C2. The normalized spacial score (nSPS) is 17.2. The predicted octanol–water partition coefficient (Wildman–Crippen LogP) is 4.27.